The highest BCUT2D eigenvalue weighted by Gasteiger charge is 2.31. The summed E-state index contributed by atoms with van der Waals surface area (Å²) < 4.78 is 12.9. The largest absolute Gasteiger partial charge is 0.497 e. The first kappa shape index (κ1) is 15.7. The van der Waals surface area contributed by atoms with E-state index in [1.54, 1.807) is 14.2 Å². The lowest BCUT2D eigenvalue weighted by Gasteiger charge is -2.27. The van der Waals surface area contributed by atoms with Crippen LogP contribution in [0.4, 0.5) is 5.82 Å². The number of aryl methyl sites for hydroxylation is 1. The Hall–Kier alpha value is -2.76. The van der Waals surface area contributed by atoms with Crippen LogP contribution in [0.3, 0.4) is 0 Å². The minimum absolute atomic E-state index is 0.231. The van der Waals surface area contributed by atoms with Gasteiger partial charge in [0, 0.05) is 30.6 Å². The fourth-order valence-electron chi connectivity index (χ4n) is 3.69. The van der Waals surface area contributed by atoms with Crippen molar-refractivity contribution in [2.75, 3.05) is 25.7 Å². The van der Waals surface area contributed by atoms with Gasteiger partial charge in [-0.25, -0.2) is 9.50 Å². The van der Waals surface area contributed by atoms with Crippen LogP contribution in [0.25, 0.3) is 5.52 Å². The third kappa shape index (κ3) is 2.67. The van der Waals surface area contributed by atoms with Crippen LogP contribution in [0.2, 0.25) is 0 Å². The number of hydrogen-bond acceptors (Lipinski definition) is 5. The van der Waals surface area contributed by atoms with E-state index in [1.165, 1.54) is 5.56 Å². The van der Waals surface area contributed by atoms with Crippen LogP contribution in [0.1, 0.15) is 30.1 Å². The van der Waals surface area contributed by atoms with Gasteiger partial charge in [0.2, 0.25) is 0 Å². The number of methoxy groups -OCH3 is 2. The molecule has 1 aliphatic heterocycles. The van der Waals surface area contributed by atoms with Gasteiger partial charge in [-0.1, -0.05) is 0 Å². The fraction of sp³-hybridized carbons (Fsp3) is 0.368. The first-order chi connectivity index (χ1) is 12.2. The molecule has 0 radical (unpaired) electrons. The Kier molecular flexibility index (Phi) is 3.95. The van der Waals surface area contributed by atoms with Crippen LogP contribution in [0, 0.1) is 6.92 Å². The van der Waals surface area contributed by atoms with Crippen molar-refractivity contribution in [1.29, 1.82) is 0 Å². The molecule has 6 heteroatoms. The number of fused-ring (bicyclic) bond motifs is 1. The molecule has 6 nitrogen and oxygen atoms in total. The number of hydrogen-bond donors (Lipinski definition) is 0. The fourth-order valence-corrected chi connectivity index (χ4v) is 3.69. The van der Waals surface area contributed by atoms with Crippen molar-refractivity contribution in [3.8, 4) is 11.5 Å². The Morgan fingerprint density at radius 2 is 2.04 bits per heavy atom. The molecule has 1 fully saturated rings. The molecule has 0 bridgehead atoms. The molecule has 0 spiro atoms. The van der Waals surface area contributed by atoms with E-state index < -0.39 is 0 Å². The van der Waals surface area contributed by atoms with Crippen LogP contribution >= 0.6 is 0 Å². The smallest absolute Gasteiger partial charge is 0.155 e. The highest BCUT2D eigenvalue weighted by Crippen LogP contribution is 2.41. The van der Waals surface area contributed by atoms with Crippen molar-refractivity contribution in [2.24, 2.45) is 0 Å². The second kappa shape index (κ2) is 6.27. The van der Waals surface area contributed by atoms with Crippen molar-refractivity contribution in [1.82, 2.24) is 14.6 Å². The van der Waals surface area contributed by atoms with Gasteiger partial charge in [-0.2, -0.15) is 5.10 Å². The lowest BCUT2D eigenvalue weighted by atomic mass is 10.0. The number of anilines is 1. The van der Waals surface area contributed by atoms with Gasteiger partial charge in [-0.05, 0) is 38.0 Å². The summed E-state index contributed by atoms with van der Waals surface area (Å²) in [6, 6.07) is 8.36. The highest BCUT2D eigenvalue weighted by molar-refractivity contribution is 5.70. The quantitative estimate of drug-likeness (QED) is 0.730. The van der Waals surface area contributed by atoms with Crippen LogP contribution in [-0.2, 0) is 0 Å². The molecule has 0 N–H and O–H groups in total. The predicted molar refractivity (Wildman–Crippen MR) is 96.6 cm³/mol. The van der Waals surface area contributed by atoms with Gasteiger partial charge < -0.3 is 14.4 Å². The summed E-state index contributed by atoms with van der Waals surface area (Å²) in [5.41, 5.74) is 3.20. The van der Waals surface area contributed by atoms with Crippen LogP contribution in [0.15, 0.2) is 36.7 Å². The van der Waals surface area contributed by atoms with Gasteiger partial charge >= 0.3 is 0 Å². The molecule has 1 saturated heterocycles. The second-order valence-corrected chi connectivity index (χ2v) is 6.33. The Bertz CT molecular complexity index is 906. The number of nitrogens with zero attached hydrogens (tertiary/aromatic N) is 4. The van der Waals surface area contributed by atoms with Gasteiger partial charge in [-0.15, -0.1) is 0 Å². The summed E-state index contributed by atoms with van der Waals surface area (Å²) in [5, 5.41) is 4.51. The van der Waals surface area contributed by atoms with Crippen molar-refractivity contribution in [3.63, 3.8) is 0 Å². The normalized spacial score (nSPS) is 17.2. The molecule has 3 heterocycles. The second-order valence-electron chi connectivity index (χ2n) is 6.33. The first-order valence-corrected chi connectivity index (χ1v) is 8.51. The maximum atomic E-state index is 5.63. The summed E-state index contributed by atoms with van der Waals surface area (Å²) in [5.74, 6) is 2.63. The maximum Gasteiger partial charge on any atom is 0.155 e. The third-order valence-corrected chi connectivity index (χ3v) is 4.82. The van der Waals surface area contributed by atoms with E-state index in [1.807, 2.05) is 36.0 Å². The van der Waals surface area contributed by atoms with E-state index >= 15 is 0 Å². The standard InChI is InChI=1S/C19H22N4O2/c1-13-11-17-19(20-8-10-23(17)21-13)22-9-4-5-16(22)15-7-6-14(24-2)12-18(15)25-3/h6-8,10-12,16H,4-5,9H2,1-3H3. The van der Waals surface area contributed by atoms with E-state index in [2.05, 4.69) is 27.1 Å². The minimum Gasteiger partial charge on any atom is -0.497 e. The molecule has 1 atom stereocenters. The van der Waals surface area contributed by atoms with Crippen molar-refractivity contribution < 1.29 is 9.47 Å². The van der Waals surface area contributed by atoms with Gasteiger partial charge in [0.15, 0.2) is 5.82 Å². The molecule has 130 valence electrons. The number of benzene rings is 1. The lowest BCUT2D eigenvalue weighted by Crippen LogP contribution is -2.24. The minimum atomic E-state index is 0.231. The van der Waals surface area contributed by atoms with E-state index in [9.17, 15) is 0 Å². The molecule has 3 aromatic rings. The van der Waals surface area contributed by atoms with E-state index in [0.717, 1.165) is 47.9 Å². The molecule has 1 aliphatic rings. The summed E-state index contributed by atoms with van der Waals surface area (Å²) in [7, 11) is 3.37. The number of ether oxygens (including phenoxy) is 2. The van der Waals surface area contributed by atoms with Crippen molar-refractivity contribution in [2.45, 2.75) is 25.8 Å². The average molecular weight is 338 g/mol. The van der Waals surface area contributed by atoms with Gasteiger partial charge in [0.05, 0.1) is 26.0 Å². The van der Waals surface area contributed by atoms with Gasteiger partial charge in [0.25, 0.3) is 0 Å². The molecular weight excluding hydrogens is 316 g/mol. The maximum absolute atomic E-state index is 5.63. The van der Waals surface area contributed by atoms with Crippen LogP contribution in [-0.4, -0.2) is 35.4 Å². The number of aromatic nitrogens is 3. The van der Waals surface area contributed by atoms with Gasteiger partial charge in [0.1, 0.15) is 17.0 Å². The summed E-state index contributed by atoms with van der Waals surface area (Å²) in [6.45, 7) is 2.97. The topological polar surface area (TPSA) is 51.9 Å². The average Bonchev–Trinajstić information content (AvgIpc) is 3.26. The Morgan fingerprint density at radius 3 is 2.84 bits per heavy atom. The molecule has 2 aromatic heterocycles. The molecule has 1 aromatic carbocycles. The Labute approximate surface area is 147 Å². The summed E-state index contributed by atoms with van der Waals surface area (Å²) >= 11 is 0. The molecule has 1 unspecified atom stereocenters. The SMILES string of the molecule is COc1ccc(C2CCCN2c2nccn3nc(C)cc23)c(OC)c1. The number of rotatable bonds is 4. The third-order valence-electron chi connectivity index (χ3n) is 4.82. The van der Waals surface area contributed by atoms with Gasteiger partial charge in [-0.3, -0.25) is 0 Å². The first-order valence-electron chi connectivity index (χ1n) is 8.51. The monoisotopic (exact) mass is 338 g/mol. The molecular formula is C19H22N4O2. The van der Waals surface area contributed by atoms with E-state index in [-0.39, 0.29) is 6.04 Å². The van der Waals surface area contributed by atoms with Crippen molar-refractivity contribution in [3.05, 3.63) is 47.9 Å². The van der Waals surface area contributed by atoms with Crippen LogP contribution < -0.4 is 14.4 Å². The lowest BCUT2D eigenvalue weighted by molar-refractivity contribution is 0.388. The van der Waals surface area contributed by atoms with Crippen LogP contribution in [0.5, 0.6) is 11.5 Å². The predicted octanol–water partition coefficient (Wildman–Crippen LogP) is 3.40. The Morgan fingerprint density at radius 1 is 1.16 bits per heavy atom. The van der Waals surface area contributed by atoms with Crippen molar-refractivity contribution >= 4 is 11.3 Å². The molecule has 25 heavy (non-hydrogen) atoms. The zero-order valence-electron chi connectivity index (χ0n) is 14.8. The molecule has 0 amide bonds. The molecule has 0 saturated carbocycles. The Balaban J connectivity index is 1.78. The summed E-state index contributed by atoms with van der Waals surface area (Å²) in [6.07, 6.45) is 5.90. The zero-order chi connectivity index (χ0) is 17.4. The molecule has 4 rings (SSSR count). The molecule has 0 aliphatic carbocycles. The zero-order valence-corrected chi connectivity index (χ0v) is 14.8. The summed E-state index contributed by atoms with van der Waals surface area (Å²) in [4.78, 5) is 7.03. The van der Waals surface area contributed by atoms with E-state index in [4.69, 9.17) is 9.47 Å². The van der Waals surface area contributed by atoms with E-state index in [0.29, 0.717) is 0 Å². The highest BCUT2D eigenvalue weighted by atomic mass is 16.5.